The summed E-state index contributed by atoms with van der Waals surface area (Å²) in [5.41, 5.74) is 18.7. The van der Waals surface area contributed by atoms with E-state index in [2.05, 4.69) is 4.99 Å². The molecule has 0 atom stereocenters. The Bertz CT molecular complexity index is 1270. The summed E-state index contributed by atoms with van der Waals surface area (Å²) in [4.78, 5) is 15.9. The molecule has 0 aliphatic rings. The second kappa shape index (κ2) is 9.20. The van der Waals surface area contributed by atoms with E-state index >= 15 is 0 Å². The van der Waals surface area contributed by atoms with Gasteiger partial charge in [0.1, 0.15) is 11.5 Å². The molecule has 0 unspecified atom stereocenters. The fraction of sp³-hybridized carbons (Fsp3) is 0.185. The van der Waals surface area contributed by atoms with Crippen molar-refractivity contribution in [3.63, 3.8) is 0 Å². The number of hydrogen-bond donors (Lipinski definition) is 4. The molecule has 6 heteroatoms. The predicted octanol–water partition coefficient (Wildman–Crippen LogP) is 4.87. The van der Waals surface area contributed by atoms with Crippen molar-refractivity contribution in [2.45, 2.75) is 34.6 Å². The molecular formula is C27H29N3O3. The van der Waals surface area contributed by atoms with Crippen LogP contribution in [-0.2, 0) is 4.79 Å². The third kappa shape index (κ3) is 5.06. The third-order valence-corrected chi connectivity index (χ3v) is 5.62. The molecule has 0 bridgehead atoms. The Morgan fingerprint density at radius 1 is 0.788 bits per heavy atom. The van der Waals surface area contributed by atoms with Crippen molar-refractivity contribution in [2.24, 2.45) is 16.5 Å². The van der Waals surface area contributed by atoms with Crippen molar-refractivity contribution >= 4 is 17.9 Å². The fourth-order valence-electron chi connectivity index (χ4n) is 3.85. The molecule has 33 heavy (non-hydrogen) atoms. The van der Waals surface area contributed by atoms with Crippen LogP contribution in [0.1, 0.15) is 34.7 Å². The molecule has 3 rings (SSSR count). The summed E-state index contributed by atoms with van der Waals surface area (Å²) < 4.78 is 0. The minimum atomic E-state index is -0.507. The van der Waals surface area contributed by atoms with E-state index in [0.29, 0.717) is 5.57 Å². The molecule has 0 aromatic heterocycles. The van der Waals surface area contributed by atoms with Crippen LogP contribution in [0.15, 0.2) is 53.0 Å². The largest absolute Gasteiger partial charge is 0.507 e. The average molecular weight is 444 g/mol. The Balaban J connectivity index is 2.25. The van der Waals surface area contributed by atoms with Gasteiger partial charge >= 0.3 is 0 Å². The maximum Gasteiger partial charge on any atom is 0.275 e. The number of rotatable bonds is 4. The molecule has 1 amide bonds. The minimum Gasteiger partial charge on any atom is -0.507 e. The second-order valence-electron chi connectivity index (χ2n) is 8.39. The maximum atomic E-state index is 12.3. The van der Waals surface area contributed by atoms with Crippen molar-refractivity contribution < 1.29 is 15.0 Å². The molecule has 170 valence electrons. The lowest BCUT2D eigenvalue weighted by Gasteiger charge is -2.15. The van der Waals surface area contributed by atoms with E-state index in [-0.39, 0.29) is 17.5 Å². The molecule has 6 N–H and O–H groups in total. The normalized spacial score (nSPS) is 11.4. The Morgan fingerprint density at radius 2 is 1.27 bits per heavy atom. The van der Waals surface area contributed by atoms with Crippen molar-refractivity contribution in [2.75, 3.05) is 0 Å². The molecule has 0 fully saturated rings. The lowest BCUT2D eigenvalue weighted by molar-refractivity contribution is -0.114. The van der Waals surface area contributed by atoms with E-state index in [0.717, 1.165) is 50.1 Å². The molecule has 0 radical (unpaired) electrons. The third-order valence-electron chi connectivity index (χ3n) is 5.62. The van der Waals surface area contributed by atoms with Gasteiger partial charge in [0.25, 0.3) is 5.91 Å². The first-order chi connectivity index (χ1) is 15.5. The van der Waals surface area contributed by atoms with Crippen molar-refractivity contribution in [1.82, 2.24) is 0 Å². The summed E-state index contributed by atoms with van der Waals surface area (Å²) in [5, 5.41) is 20.4. The zero-order valence-corrected chi connectivity index (χ0v) is 19.5. The van der Waals surface area contributed by atoms with Crippen LogP contribution in [0.25, 0.3) is 28.3 Å². The van der Waals surface area contributed by atoms with E-state index in [4.69, 9.17) is 11.5 Å². The first kappa shape index (κ1) is 23.6. The number of aromatic hydroxyl groups is 2. The number of aryl methyl sites for hydroxylation is 4. The van der Waals surface area contributed by atoms with Crippen LogP contribution in [0.3, 0.4) is 0 Å². The second-order valence-corrected chi connectivity index (χ2v) is 8.39. The van der Waals surface area contributed by atoms with E-state index in [9.17, 15) is 15.0 Å². The van der Waals surface area contributed by atoms with Gasteiger partial charge in [-0.15, -0.1) is 0 Å². The lowest BCUT2D eigenvalue weighted by Crippen LogP contribution is -2.24. The predicted molar refractivity (Wildman–Crippen MR) is 134 cm³/mol. The molecule has 3 aromatic carbocycles. The summed E-state index contributed by atoms with van der Waals surface area (Å²) in [5.74, 6) is -0.243. The van der Waals surface area contributed by atoms with Crippen LogP contribution in [0.4, 0.5) is 0 Å². The highest BCUT2D eigenvalue weighted by Gasteiger charge is 2.13. The van der Waals surface area contributed by atoms with Gasteiger partial charge in [-0.3, -0.25) is 4.79 Å². The van der Waals surface area contributed by atoms with Crippen LogP contribution in [0, 0.1) is 27.7 Å². The molecule has 0 saturated carbocycles. The Labute approximate surface area is 193 Å². The smallest absolute Gasteiger partial charge is 0.275 e. The number of phenols is 2. The highest BCUT2D eigenvalue weighted by molar-refractivity contribution is 6.04. The summed E-state index contributed by atoms with van der Waals surface area (Å²) in [6.07, 6.45) is 1.75. The van der Waals surface area contributed by atoms with Crippen molar-refractivity contribution in [3.05, 3.63) is 75.9 Å². The minimum absolute atomic E-state index is 0.260. The van der Waals surface area contributed by atoms with Gasteiger partial charge in [-0.1, -0.05) is 12.1 Å². The number of hydrogen-bond acceptors (Lipinski definition) is 3. The molecule has 6 nitrogen and oxygen atoms in total. The van der Waals surface area contributed by atoms with Gasteiger partial charge in [0.05, 0.1) is 0 Å². The standard InChI is InChI=1S/C27H29N3O3/c1-14-8-21(9-15(2)24(14)31)19-6-7-20(12-18(5)26(33)30-27(28)29)23(13-19)22-10-16(3)25(32)17(4)11-22/h6-13,31-32H,1-5H3,(H4,28,29,30,33)/b18-12+. The zero-order chi connectivity index (χ0) is 24.4. The van der Waals surface area contributed by atoms with Gasteiger partial charge < -0.3 is 21.7 Å². The number of phenolic OH excluding ortho intramolecular Hbond substituents is 2. The number of nitrogens with two attached hydrogens (primary N) is 2. The van der Waals surface area contributed by atoms with Gasteiger partial charge in [-0.2, -0.15) is 4.99 Å². The number of nitrogens with zero attached hydrogens (tertiary/aromatic N) is 1. The summed E-state index contributed by atoms with van der Waals surface area (Å²) in [7, 11) is 0. The van der Waals surface area contributed by atoms with Gasteiger partial charge in [0, 0.05) is 5.57 Å². The summed E-state index contributed by atoms with van der Waals surface area (Å²) in [6.45, 7) is 9.10. The first-order valence-electron chi connectivity index (χ1n) is 10.6. The number of carbonyl (C=O) groups excluding carboxylic acids is 1. The van der Waals surface area contributed by atoms with E-state index < -0.39 is 5.91 Å². The Kier molecular flexibility index (Phi) is 6.58. The number of benzene rings is 3. The van der Waals surface area contributed by atoms with E-state index in [1.807, 2.05) is 70.2 Å². The molecule has 0 aliphatic heterocycles. The van der Waals surface area contributed by atoms with Gasteiger partial charge in [0.2, 0.25) is 0 Å². The molecule has 0 aliphatic carbocycles. The molecule has 0 heterocycles. The first-order valence-corrected chi connectivity index (χ1v) is 10.6. The average Bonchev–Trinajstić information content (AvgIpc) is 2.74. The van der Waals surface area contributed by atoms with Crippen LogP contribution < -0.4 is 11.5 Å². The Morgan fingerprint density at radius 3 is 1.76 bits per heavy atom. The molecule has 0 spiro atoms. The van der Waals surface area contributed by atoms with E-state index in [1.165, 1.54) is 0 Å². The fourth-order valence-corrected chi connectivity index (χ4v) is 3.85. The SMILES string of the molecule is C/C(=C\c1ccc(-c2cc(C)c(O)c(C)c2)cc1-c1cc(C)c(O)c(C)c1)C(=O)N=C(N)N. The number of aliphatic imine (C=N–C) groups is 1. The van der Waals surface area contributed by atoms with Crippen LogP contribution >= 0.6 is 0 Å². The van der Waals surface area contributed by atoms with Crippen LogP contribution in [0.5, 0.6) is 11.5 Å². The highest BCUT2D eigenvalue weighted by Crippen LogP contribution is 2.36. The number of amides is 1. The Hall–Kier alpha value is -4.06. The van der Waals surface area contributed by atoms with Gasteiger partial charge in [0.15, 0.2) is 5.96 Å². The van der Waals surface area contributed by atoms with Gasteiger partial charge in [-0.25, -0.2) is 0 Å². The highest BCUT2D eigenvalue weighted by atomic mass is 16.3. The maximum absolute atomic E-state index is 12.3. The van der Waals surface area contributed by atoms with Crippen molar-refractivity contribution in [3.8, 4) is 33.8 Å². The number of guanidine groups is 1. The molecular weight excluding hydrogens is 414 g/mol. The van der Waals surface area contributed by atoms with E-state index in [1.54, 1.807) is 13.0 Å². The van der Waals surface area contributed by atoms with Crippen molar-refractivity contribution in [1.29, 1.82) is 0 Å². The monoisotopic (exact) mass is 443 g/mol. The van der Waals surface area contributed by atoms with Crippen LogP contribution in [-0.4, -0.2) is 22.1 Å². The quantitative estimate of drug-likeness (QED) is 0.260. The number of carbonyl (C=O) groups is 1. The summed E-state index contributed by atoms with van der Waals surface area (Å²) >= 11 is 0. The van der Waals surface area contributed by atoms with Gasteiger partial charge in [-0.05, 0) is 121 Å². The lowest BCUT2D eigenvalue weighted by atomic mass is 9.91. The van der Waals surface area contributed by atoms with Crippen LogP contribution in [0.2, 0.25) is 0 Å². The topological polar surface area (TPSA) is 122 Å². The molecule has 0 saturated heterocycles. The summed E-state index contributed by atoms with van der Waals surface area (Å²) in [6, 6.07) is 13.7. The molecule has 3 aromatic rings. The zero-order valence-electron chi connectivity index (χ0n) is 19.5.